The summed E-state index contributed by atoms with van der Waals surface area (Å²) in [4.78, 5) is 12.5. The lowest BCUT2D eigenvalue weighted by molar-refractivity contribution is -0.126. The van der Waals surface area contributed by atoms with Gasteiger partial charge in [-0.25, -0.2) is 0 Å². The molecular weight excluding hydrogens is 248 g/mol. The highest BCUT2D eigenvalue weighted by Crippen LogP contribution is 2.39. The highest BCUT2D eigenvalue weighted by atomic mass is 16.1. The number of hydrazone groups is 1. The van der Waals surface area contributed by atoms with Crippen molar-refractivity contribution in [1.82, 2.24) is 5.43 Å². The number of carbonyl (C=O) groups is 1. The molecular formula is C17H22N2O. The quantitative estimate of drug-likeness (QED) is 0.897. The van der Waals surface area contributed by atoms with E-state index in [-0.39, 0.29) is 17.4 Å². The van der Waals surface area contributed by atoms with Gasteiger partial charge in [-0.2, -0.15) is 5.10 Å². The van der Waals surface area contributed by atoms with Crippen LogP contribution in [0.3, 0.4) is 0 Å². The molecule has 0 aromatic heterocycles. The molecule has 1 fully saturated rings. The number of carbonyl (C=O) groups excluding carboxylic acids is 1. The van der Waals surface area contributed by atoms with Gasteiger partial charge in [0, 0.05) is 6.42 Å². The van der Waals surface area contributed by atoms with Crippen LogP contribution in [0.4, 0.5) is 0 Å². The van der Waals surface area contributed by atoms with Crippen molar-refractivity contribution in [3.05, 3.63) is 35.4 Å². The van der Waals surface area contributed by atoms with Crippen molar-refractivity contribution in [1.29, 1.82) is 0 Å². The summed E-state index contributed by atoms with van der Waals surface area (Å²) in [5, 5.41) is 4.47. The number of hydrogen-bond donors (Lipinski definition) is 1. The molecule has 1 heterocycles. The lowest BCUT2D eigenvalue weighted by Gasteiger charge is -2.36. The van der Waals surface area contributed by atoms with Gasteiger partial charge in [-0.3, -0.25) is 4.79 Å². The average Bonchev–Trinajstić information content (AvgIpc) is 2.81. The Morgan fingerprint density at radius 1 is 1.30 bits per heavy atom. The third-order valence-corrected chi connectivity index (χ3v) is 4.48. The molecule has 1 aliphatic carbocycles. The Morgan fingerprint density at radius 2 is 2.00 bits per heavy atom. The fourth-order valence-corrected chi connectivity index (χ4v) is 3.43. The molecule has 2 aliphatic rings. The maximum Gasteiger partial charge on any atom is 0.144 e. The summed E-state index contributed by atoms with van der Waals surface area (Å²) in [6.45, 7) is 6.47. The Bertz CT molecular complexity index is 557. The monoisotopic (exact) mass is 270 g/mol. The van der Waals surface area contributed by atoms with E-state index >= 15 is 0 Å². The molecule has 3 nitrogen and oxygen atoms in total. The van der Waals surface area contributed by atoms with Gasteiger partial charge in [0.15, 0.2) is 0 Å². The van der Waals surface area contributed by atoms with E-state index < -0.39 is 0 Å². The SMILES string of the molecule is CCc1ccc(C2=NN[C@H]3CC(C)(C)CC(=O)[C@@H]23)cc1. The highest BCUT2D eigenvalue weighted by Gasteiger charge is 2.46. The zero-order chi connectivity index (χ0) is 14.3. The van der Waals surface area contributed by atoms with Crippen LogP contribution in [-0.2, 0) is 11.2 Å². The van der Waals surface area contributed by atoms with Crippen LogP contribution in [0.5, 0.6) is 0 Å². The van der Waals surface area contributed by atoms with Gasteiger partial charge >= 0.3 is 0 Å². The van der Waals surface area contributed by atoms with Crippen molar-refractivity contribution >= 4 is 11.5 Å². The minimum absolute atomic E-state index is 0.0597. The third-order valence-electron chi connectivity index (χ3n) is 4.48. The maximum atomic E-state index is 12.5. The number of nitrogens with one attached hydrogen (secondary N) is 1. The fraction of sp³-hybridized carbons (Fsp3) is 0.529. The molecule has 106 valence electrons. The molecule has 1 aliphatic heterocycles. The molecule has 0 spiro atoms. The molecule has 0 bridgehead atoms. The maximum absolute atomic E-state index is 12.5. The minimum atomic E-state index is -0.0597. The van der Waals surface area contributed by atoms with Gasteiger partial charge in [-0.15, -0.1) is 0 Å². The van der Waals surface area contributed by atoms with Gasteiger partial charge in [-0.1, -0.05) is 45.0 Å². The molecule has 1 saturated carbocycles. The van der Waals surface area contributed by atoms with Crippen LogP contribution < -0.4 is 5.43 Å². The van der Waals surface area contributed by atoms with Gasteiger partial charge in [0.05, 0.1) is 17.7 Å². The molecule has 0 amide bonds. The predicted octanol–water partition coefficient (Wildman–Crippen LogP) is 2.93. The molecule has 3 heteroatoms. The van der Waals surface area contributed by atoms with E-state index in [0.717, 1.165) is 24.1 Å². The molecule has 20 heavy (non-hydrogen) atoms. The van der Waals surface area contributed by atoms with Crippen molar-refractivity contribution in [2.75, 3.05) is 0 Å². The van der Waals surface area contributed by atoms with E-state index in [1.807, 2.05) is 0 Å². The summed E-state index contributed by atoms with van der Waals surface area (Å²) in [6, 6.07) is 8.61. The van der Waals surface area contributed by atoms with Gasteiger partial charge in [0.2, 0.25) is 0 Å². The molecule has 2 atom stereocenters. The molecule has 1 aromatic rings. The number of hydrogen-bond acceptors (Lipinski definition) is 3. The van der Waals surface area contributed by atoms with E-state index in [1.165, 1.54) is 5.56 Å². The zero-order valence-corrected chi connectivity index (χ0v) is 12.4. The normalized spacial score (nSPS) is 27.8. The van der Waals surface area contributed by atoms with E-state index in [1.54, 1.807) is 0 Å². The number of ketones is 1. The summed E-state index contributed by atoms with van der Waals surface area (Å²) < 4.78 is 0. The summed E-state index contributed by atoms with van der Waals surface area (Å²) in [5.74, 6) is 0.269. The molecule has 0 saturated heterocycles. The second-order valence-corrected chi connectivity index (χ2v) is 6.77. The standard InChI is InChI=1S/C17H22N2O/c1-4-11-5-7-12(8-6-11)16-15-13(18-19-16)9-17(2,3)10-14(15)20/h5-8,13,15,18H,4,9-10H2,1-3H3/t13-,15-/m0/s1. The number of fused-ring (bicyclic) bond motifs is 1. The number of rotatable bonds is 2. The Morgan fingerprint density at radius 3 is 2.65 bits per heavy atom. The molecule has 0 radical (unpaired) electrons. The Labute approximate surface area is 120 Å². The van der Waals surface area contributed by atoms with Crippen LogP contribution in [0, 0.1) is 11.3 Å². The number of Topliss-reactive ketones (excluding diaryl/α,β-unsaturated/α-hetero) is 1. The van der Waals surface area contributed by atoms with Crippen LogP contribution in [0.2, 0.25) is 0 Å². The Kier molecular flexibility index (Phi) is 3.15. The Balaban J connectivity index is 1.87. The molecule has 1 N–H and O–H groups in total. The third kappa shape index (κ3) is 2.26. The first kappa shape index (κ1) is 13.3. The van der Waals surface area contributed by atoms with Crippen molar-refractivity contribution < 1.29 is 4.79 Å². The first-order valence-corrected chi connectivity index (χ1v) is 7.45. The van der Waals surface area contributed by atoms with Crippen LogP contribution in [0.15, 0.2) is 29.4 Å². The molecule has 1 aromatic carbocycles. The predicted molar refractivity (Wildman–Crippen MR) is 80.8 cm³/mol. The summed E-state index contributed by atoms with van der Waals surface area (Å²) in [5.41, 5.74) is 6.60. The molecule has 3 rings (SSSR count). The van der Waals surface area contributed by atoms with Crippen LogP contribution >= 0.6 is 0 Å². The lowest BCUT2D eigenvalue weighted by Crippen LogP contribution is -2.45. The second-order valence-electron chi connectivity index (χ2n) is 6.77. The van der Waals surface area contributed by atoms with Crippen molar-refractivity contribution in [3.8, 4) is 0 Å². The topological polar surface area (TPSA) is 41.5 Å². The van der Waals surface area contributed by atoms with Crippen LogP contribution in [0.25, 0.3) is 0 Å². The summed E-state index contributed by atoms with van der Waals surface area (Å²) in [6.07, 6.45) is 2.69. The van der Waals surface area contributed by atoms with Gasteiger partial charge < -0.3 is 5.43 Å². The van der Waals surface area contributed by atoms with Crippen molar-refractivity contribution in [2.45, 2.75) is 46.1 Å². The van der Waals surface area contributed by atoms with Crippen molar-refractivity contribution in [3.63, 3.8) is 0 Å². The summed E-state index contributed by atoms with van der Waals surface area (Å²) >= 11 is 0. The second kappa shape index (κ2) is 4.72. The first-order chi connectivity index (χ1) is 9.50. The number of aryl methyl sites for hydroxylation is 1. The van der Waals surface area contributed by atoms with Crippen molar-refractivity contribution in [2.24, 2.45) is 16.4 Å². The van der Waals surface area contributed by atoms with Gasteiger partial charge in [0.1, 0.15) is 5.78 Å². The lowest BCUT2D eigenvalue weighted by atomic mass is 9.68. The van der Waals surface area contributed by atoms with Gasteiger partial charge in [-0.05, 0) is 29.4 Å². The summed E-state index contributed by atoms with van der Waals surface area (Å²) in [7, 11) is 0. The highest BCUT2D eigenvalue weighted by molar-refractivity contribution is 6.15. The fourth-order valence-electron chi connectivity index (χ4n) is 3.43. The average molecular weight is 270 g/mol. The van der Waals surface area contributed by atoms with E-state index in [2.05, 4.69) is 55.6 Å². The first-order valence-electron chi connectivity index (χ1n) is 7.45. The Hall–Kier alpha value is -1.64. The zero-order valence-electron chi connectivity index (χ0n) is 12.4. The van der Waals surface area contributed by atoms with E-state index in [9.17, 15) is 4.79 Å². The van der Waals surface area contributed by atoms with E-state index in [0.29, 0.717) is 12.2 Å². The van der Waals surface area contributed by atoms with Crippen LogP contribution in [-0.4, -0.2) is 17.5 Å². The van der Waals surface area contributed by atoms with Crippen LogP contribution in [0.1, 0.15) is 44.7 Å². The largest absolute Gasteiger partial charge is 0.306 e. The van der Waals surface area contributed by atoms with Gasteiger partial charge in [0.25, 0.3) is 0 Å². The smallest absolute Gasteiger partial charge is 0.144 e. The number of benzene rings is 1. The minimum Gasteiger partial charge on any atom is -0.306 e. The van der Waals surface area contributed by atoms with E-state index in [4.69, 9.17) is 0 Å². The number of nitrogens with zero attached hydrogens (tertiary/aromatic N) is 1. The molecule has 0 unspecified atom stereocenters.